The van der Waals surface area contributed by atoms with Gasteiger partial charge < -0.3 is 0 Å². The van der Waals surface area contributed by atoms with Gasteiger partial charge in [-0.15, -0.1) is 0 Å². The summed E-state index contributed by atoms with van der Waals surface area (Å²) in [5.74, 6) is -1.49. The van der Waals surface area contributed by atoms with Gasteiger partial charge in [0.2, 0.25) is 5.95 Å². The lowest BCUT2D eigenvalue weighted by Crippen LogP contribution is -2.30. The Hall–Kier alpha value is -3.58. The Morgan fingerprint density at radius 1 is 1.12 bits per heavy atom. The molecule has 1 aromatic carbocycles. The van der Waals surface area contributed by atoms with E-state index in [1.807, 2.05) is 0 Å². The minimum atomic E-state index is -3.94. The van der Waals surface area contributed by atoms with Crippen molar-refractivity contribution in [1.82, 2.24) is 9.97 Å². The lowest BCUT2D eigenvalue weighted by Gasteiger charge is -2.14. The average Bonchev–Trinajstić information content (AvgIpc) is 2.90. The zero-order chi connectivity index (χ0) is 18.9. The van der Waals surface area contributed by atoms with Crippen LogP contribution in [0.5, 0.6) is 0 Å². The third-order valence-corrected chi connectivity index (χ3v) is 4.80. The number of carbonyl (C=O) groups is 2. The molecule has 26 heavy (non-hydrogen) atoms. The minimum absolute atomic E-state index is 0.0764. The van der Waals surface area contributed by atoms with Gasteiger partial charge >= 0.3 is 0 Å². The smallest absolute Gasteiger partial charge is 0.269 e. The minimum Gasteiger partial charge on any atom is -0.269 e. The van der Waals surface area contributed by atoms with Crippen molar-refractivity contribution in [2.45, 2.75) is 11.8 Å². The summed E-state index contributed by atoms with van der Waals surface area (Å²) in [4.78, 5) is 32.2. The molecule has 0 radical (unpaired) electrons. The Morgan fingerprint density at radius 2 is 1.73 bits per heavy atom. The van der Waals surface area contributed by atoms with Gasteiger partial charge in [-0.2, -0.15) is 5.26 Å². The standard InChI is InChI=1S/C16H11N5O4S/c1-10-8-18-16(19-9-10)20-26(24,25)13-4-2-12(3-5-13)21-14(22)6-11(7-17)15(21)23/h2-6,8-9H,1H3,(H,18,19,20). The molecule has 0 saturated carbocycles. The van der Waals surface area contributed by atoms with Crippen LogP contribution in [-0.2, 0) is 19.6 Å². The van der Waals surface area contributed by atoms with Gasteiger partial charge in [0.15, 0.2) is 0 Å². The molecule has 9 nitrogen and oxygen atoms in total. The van der Waals surface area contributed by atoms with Gasteiger partial charge in [-0.25, -0.2) is 28.0 Å². The fraction of sp³-hybridized carbons (Fsp3) is 0.0625. The van der Waals surface area contributed by atoms with Crippen LogP contribution in [0.15, 0.2) is 53.2 Å². The summed E-state index contributed by atoms with van der Waals surface area (Å²) >= 11 is 0. The van der Waals surface area contributed by atoms with E-state index in [4.69, 9.17) is 5.26 Å². The van der Waals surface area contributed by atoms with Crippen molar-refractivity contribution in [3.05, 3.63) is 53.9 Å². The monoisotopic (exact) mass is 369 g/mol. The maximum atomic E-state index is 12.4. The van der Waals surface area contributed by atoms with E-state index < -0.39 is 21.8 Å². The van der Waals surface area contributed by atoms with Crippen LogP contribution in [0.25, 0.3) is 0 Å². The van der Waals surface area contributed by atoms with E-state index in [1.165, 1.54) is 36.7 Å². The number of amides is 2. The van der Waals surface area contributed by atoms with Crippen molar-refractivity contribution in [3.8, 4) is 6.07 Å². The maximum Gasteiger partial charge on any atom is 0.276 e. The number of rotatable bonds is 4. The highest BCUT2D eigenvalue weighted by atomic mass is 32.2. The molecule has 0 fully saturated rings. The van der Waals surface area contributed by atoms with Crippen molar-refractivity contribution in [2.75, 3.05) is 9.62 Å². The number of anilines is 2. The lowest BCUT2D eigenvalue weighted by molar-refractivity contribution is -0.120. The van der Waals surface area contributed by atoms with Gasteiger partial charge in [-0.3, -0.25) is 9.59 Å². The van der Waals surface area contributed by atoms with Crippen LogP contribution >= 0.6 is 0 Å². The number of aromatic nitrogens is 2. The normalized spacial score (nSPS) is 14.2. The molecule has 1 aromatic heterocycles. The van der Waals surface area contributed by atoms with Gasteiger partial charge in [0.05, 0.1) is 10.6 Å². The summed E-state index contributed by atoms with van der Waals surface area (Å²) in [7, 11) is -3.94. The number of nitrogens with one attached hydrogen (secondary N) is 1. The zero-order valence-corrected chi connectivity index (χ0v) is 14.2. The average molecular weight is 369 g/mol. The molecule has 0 saturated heterocycles. The number of aryl methyl sites for hydroxylation is 1. The van der Waals surface area contributed by atoms with Crippen molar-refractivity contribution in [1.29, 1.82) is 5.26 Å². The molecule has 10 heteroatoms. The number of sulfonamides is 1. The summed E-state index contributed by atoms with van der Waals surface area (Å²) in [6.07, 6.45) is 3.87. The third kappa shape index (κ3) is 3.15. The first-order valence-corrected chi connectivity index (χ1v) is 8.72. The molecule has 1 aliphatic heterocycles. The molecular weight excluding hydrogens is 358 g/mol. The number of carbonyl (C=O) groups excluding carboxylic acids is 2. The van der Waals surface area contributed by atoms with Crippen LogP contribution in [0.2, 0.25) is 0 Å². The van der Waals surface area contributed by atoms with Crippen LogP contribution in [0.4, 0.5) is 11.6 Å². The van der Waals surface area contributed by atoms with Crippen molar-refractivity contribution in [3.63, 3.8) is 0 Å². The Bertz CT molecular complexity index is 1070. The highest BCUT2D eigenvalue weighted by Crippen LogP contribution is 2.24. The lowest BCUT2D eigenvalue weighted by atomic mass is 10.2. The quantitative estimate of drug-likeness (QED) is 0.792. The maximum absolute atomic E-state index is 12.4. The number of nitriles is 1. The second-order valence-corrected chi connectivity index (χ2v) is 7.01. The van der Waals surface area contributed by atoms with E-state index in [9.17, 15) is 18.0 Å². The van der Waals surface area contributed by atoms with Crippen LogP contribution < -0.4 is 9.62 Å². The van der Waals surface area contributed by atoms with Gasteiger partial charge in [0.1, 0.15) is 11.6 Å². The molecule has 0 spiro atoms. The fourth-order valence-corrected chi connectivity index (χ4v) is 3.15. The molecule has 0 atom stereocenters. The first kappa shape index (κ1) is 17.2. The highest BCUT2D eigenvalue weighted by molar-refractivity contribution is 7.92. The second-order valence-electron chi connectivity index (χ2n) is 5.33. The van der Waals surface area contributed by atoms with Crippen LogP contribution in [0.1, 0.15) is 5.56 Å². The Balaban J connectivity index is 1.83. The Morgan fingerprint density at radius 3 is 2.27 bits per heavy atom. The molecule has 1 N–H and O–H groups in total. The van der Waals surface area contributed by atoms with Crippen LogP contribution in [0, 0.1) is 18.3 Å². The van der Waals surface area contributed by atoms with Gasteiger partial charge in [0.25, 0.3) is 21.8 Å². The molecule has 1 aliphatic rings. The molecule has 2 heterocycles. The highest BCUT2D eigenvalue weighted by Gasteiger charge is 2.32. The van der Waals surface area contributed by atoms with E-state index in [1.54, 1.807) is 13.0 Å². The first-order valence-electron chi connectivity index (χ1n) is 7.23. The fourth-order valence-electron chi connectivity index (χ4n) is 2.19. The summed E-state index contributed by atoms with van der Waals surface area (Å²) in [6, 6.07) is 6.71. The van der Waals surface area contributed by atoms with Crippen LogP contribution in [-0.4, -0.2) is 30.2 Å². The van der Waals surface area contributed by atoms with E-state index in [2.05, 4.69) is 14.7 Å². The van der Waals surface area contributed by atoms with E-state index in [0.717, 1.165) is 16.5 Å². The molecule has 2 amide bonds. The van der Waals surface area contributed by atoms with Crippen molar-refractivity contribution < 1.29 is 18.0 Å². The number of nitrogens with zero attached hydrogens (tertiary/aromatic N) is 4. The molecular formula is C16H11N5O4S. The predicted octanol–water partition coefficient (Wildman–Crippen LogP) is 0.909. The molecule has 0 aliphatic carbocycles. The molecule has 0 unspecified atom stereocenters. The summed E-state index contributed by atoms with van der Waals surface area (Å²) in [5, 5.41) is 8.81. The van der Waals surface area contributed by atoms with E-state index in [-0.39, 0.29) is 22.1 Å². The first-order chi connectivity index (χ1) is 12.3. The predicted molar refractivity (Wildman–Crippen MR) is 90.2 cm³/mol. The van der Waals surface area contributed by atoms with Crippen molar-refractivity contribution >= 4 is 33.5 Å². The number of hydrogen-bond donors (Lipinski definition) is 1. The summed E-state index contributed by atoms with van der Waals surface area (Å²) < 4.78 is 26.9. The summed E-state index contributed by atoms with van der Waals surface area (Å²) in [5.41, 5.74) is 0.666. The molecule has 2 aromatic rings. The number of imide groups is 1. The molecule has 130 valence electrons. The largest absolute Gasteiger partial charge is 0.276 e. The van der Waals surface area contributed by atoms with E-state index in [0.29, 0.717) is 0 Å². The Labute approximate surface area is 148 Å². The van der Waals surface area contributed by atoms with Gasteiger partial charge in [-0.1, -0.05) is 0 Å². The SMILES string of the molecule is Cc1cnc(NS(=O)(=O)c2ccc(N3C(=O)C=C(C#N)C3=O)cc2)nc1. The molecule has 3 rings (SSSR count). The second kappa shape index (κ2) is 6.38. The number of hydrogen-bond acceptors (Lipinski definition) is 7. The van der Waals surface area contributed by atoms with Gasteiger partial charge in [0, 0.05) is 18.5 Å². The summed E-state index contributed by atoms with van der Waals surface area (Å²) in [6.45, 7) is 1.77. The van der Waals surface area contributed by atoms with Gasteiger partial charge in [-0.05, 0) is 36.8 Å². The van der Waals surface area contributed by atoms with E-state index >= 15 is 0 Å². The van der Waals surface area contributed by atoms with Crippen LogP contribution in [0.3, 0.4) is 0 Å². The zero-order valence-electron chi connectivity index (χ0n) is 13.4. The molecule has 0 bridgehead atoms. The Kier molecular flexibility index (Phi) is 4.23. The van der Waals surface area contributed by atoms with Crippen molar-refractivity contribution in [2.24, 2.45) is 0 Å². The topological polar surface area (TPSA) is 133 Å². The third-order valence-electron chi connectivity index (χ3n) is 3.45. The number of benzene rings is 1.